The molecule has 0 saturated carbocycles. The van der Waals surface area contributed by atoms with Crippen molar-refractivity contribution in [1.82, 2.24) is 0 Å². The minimum absolute atomic E-state index is 0.225. The summed E-state index contributed by atoms with van der Waals surface area (Å²) >= 11 is 0. The molecule has 0 saturated heterocycles. The molecule has 28 heavy (non-hydrogen) atoms. The summed E-state index contributed by atoms with van der Waals surface area (Å²) in [5.74, 6) is -0.796. The van der Waals surface area contributed by atoms with Crippen LogP contribution in [0.1, 0.15) is 5.56 Å². The fourth-order valence-corrected chi connectivity index (χ4v) is 4.79. The molecule has 4 aromatic rings. The van der Waals surface area contributed by atoms with Gasteiger partial charge in [-0.05, 0) is 29.3 Å². The van der Waals surface area contributed by atoms with E-state index in [2.05, 4.69) is 0 Å². The predicted octanol–water partition coefficient (Wildman–Crippen LogP) is 4.57. The lowest BCUT2D eigenvalue weighted by atomic mass is 10.0. The van der Waals surface area contributed by atoms with Crippen molar-refractivity contribution in [3.05, 3.63) is 101 Å². The number of para-hydroxylation sites is 1. The molecular weight excluding hydrogens is 379 g/mol. The lowest BCUT2D eigenvalue weighted by Crippen LogP contribution is -2.18. The summed E-state index contributed by atoms with van der Waals surface area (Å²) in [5, 5.41) is 0.473. The zero-order valence-electron chi connectivity index (χ0n) is 14.6. The molecule has 0 radical (unpaired) electrons. The van der Waals surface area contributed by atoms with Crippen LogP contribution in [0.2, 0.25) is 0 Å². The number of fused-ring (bicyclic) bond motifs is 1. The molecule has 4 nitrogen and oxygen atoms in total. The van der Waals surface area contributed by atoms with Crippen molar-refractivity contribution >= 4 is 20.8 Å². The molecule has 0 bridgehead atoms. The molecule has 0 aliphatic heterocycles. The maximum Gasteiger partial charge on any atom is 0.355 e. The summed E-state index contributed by atoms with van der Waals surface area (Å²) in [6, 6.07) is 20.7. The number of hydrogen-bond acceptors (Lipinski definition) is 4. The van der Waals surface area contributed by atoms with Crippen LogP contribution in [0.5, 0.6) is 0 Å². The first-order valence-electron chi connectivity index (χ1n) is 8.54. The Kier molecular flexibility index (Phi) is 4.57. The molecule has 0 spiro atoms. The number of benzene rings is 3. The second-order valence-electron chi connectivity index (χ2n) is 6.34. The van der Waals surface area contributed by atoms with E-state index in [0.29, 0.717) is 16.5 Å². The maximum absolute atomic E-state index is 13.4. The molecule has 1 heterocycles. The van der Waals surface area contributed by atoms with E-state index in [1.807, 2.05) is 0 Å². The minimum atomic E-state index is -4.02. The topological polar surface area (TPSA) is 64.3 Å². The second kappa shape index (κ2) is 7.05. The minimum Gasteiger partial charge on any atom is -0.422 e. The Bertz CT molecular complexity index is 1310. The Morgan fingerprint density at radius 3 is 2.18 bits per heavy atom. The van der Waals surface area contributed by atoms with Crippen LogP contribution in [0.15, 0.2) is 93.0 Å². The lowest BCUT2D eigenvalue weighted by molar-refractivity contribution is 0.533. The summed E-state index contributed by atoms with van der Waals surface area (Å²) in [7, 11) is -4.02. The second-order valence-corrected chi connectivity index (χ2v) is 8.27. The van der Waals surface area contributed by atoms with Gasteiger partial charge < -0.3 is 4.42 Å². The van der Waals surface area contributed by atoms with Crippen molar-refractivity contribution in [1.29, 1.82) is 0 Å². The highest BCUT2D eigenvalue weighted by Crippen LogP contribution is 2.34. The fourth-order valence-electron chi connectivity index (χ4n) is 3.18. The molecule has 0 N–H and O–H groups in total. The van der Waals surface area contributed by atoms with Gasteiger partial charge in [0, 0.05) is 10.9 Å². The third kappa shape index (κ3) is 3.34. The van der Waals surface area contributed by atoms with Gasteiger partial charge in [-0.3, -0.25) is 0 Å². The summed E-state index contributed by atoms with van der Waals surface area (Å²) in [6.07, 6.45) is 0. The Labute approximate surface area is 160 Å². The first-order chi connectivity index (χ1) is 13.5. The average Bonchev–Trinajstić information content (AvgIpc) is 2.68. The van der Waals surface area contributed by atoms with Gasteiger partial charge in [0.15, 0.2) is 14.7 Å². The monoisotopic (exact) mass is 394 g/mol. The summed E-state index contributed by atoms with van der Waals surface area (Å²) < 4.78 is 45.1. The Balaban J connectivity index is 2.02. The van der Waals surface area contributed by atoms with Crippen molar-refractivity contribution in [2.45, 2.75) is 10.6 Å². The highest BCUT2D eigenvalue weighted by molar-refractivity contribution is 7.90. The summed E-state index contributed by atoms with van der Waals surface area (Å²) in [6.45, 7) is 0. The highest BCUT2D eigenvalue weighted by atomic mass is 32.2. The van der Waals surface area contributed by atoms with Crippen LogP contribution in [0.3, 0.4) is 0 Å². The third-order valence-corrected chi connectivity index (χ3v) is 6.12. The summed E-state index contributed by atoms with van der Waals surface area (Å²) in [5.41, 5.74) is 0.541. The fraction of sp³-hybridized carbons (Fsp3) is 0.0455. The van der Waals surface area contributed by atoms with E-state index in [-0.39, 0.29) is 16.9 Å². The van der Waals surface area contributed by atoms with Crippen molar-refractivity contribution in [3.63, 3.8) is 0 Å². The lowest BCUT2D eigenvalue weighted by Gasteiger charge is -2.12. The molecule has 3 aromatic carbocycles. The molecule has 0 fully saturated rings. The molecule has 6 heteroatoms. The van der Waals surface area contributed by atoms with Crippen LogP contribution >= 0.6 is 0 Å². The highest BCUT2D eigenvalue weighted by Gasteiger charge is 2.27. The first-order valence-corrected chi connectivity index (χ1v) is 10.2. The van der Waals surface area contributed by atoms with Gasteiger partial charge in [0.25, 0.3) is 0 Å². The quantitative estimate of drug-likeness (QED) is 0.476. The molecule has 0 atom stereocenters. The smallest absolute Gasteiger partial charge is 0.355 e. The normalized spacial score (nSPS) is 11.6. The van der Waals surface area contributed by atoms with Crippen LogP contribution in [0, 0.1) is 5.82 Å². The molecule has 0 unspecified atom stereocenters. The van der Waals surface area contributed by atoms with Crippen LogP contribution in [0.25, 0.3) is 22.1 Å². The molecule has 0 aliphatic rings. The summed E-state index contributed by atoms with van der Waals surface area (Å²) in [4.78, 5) is 12.3. The zero-order chi connectivity index (χ0) is 19.7. The molecular formula is C22H15FO4S. The Morgan fingerprint density at radius 1 is 0.821 bits per heavy atom. The van der Waals surface area contributed by atoms with Crippen LogP contribution in [-0.2, 0) is 15.6 Å². The first kappa shape index (κ1) is 18.1. The Hall–Kier alpha value is -3.25. The molecule has 1 aromatic heterocycles. The van der Waals surface area contributed by atoms with E-state index < -0.39 is 26.2 Å². The van der Waals surface area contributed by atoms with Crippen molar-refractivity contribution < 1.29 is 17.2 Å². The van der Waals surface area contributed by atoms with E-state index in [0.717, 1.165) is 0 Å². The number of rotatable bonds is 4. The number of sulfone groups is 1. The molecule has 4 rings (SSSR count). The number of hydrogen-bond donors (Lipinski definition) is 0. The van der Waals surface area contributed by atoms with Gasteiger partial charge in [-0.1, -0.05) is 60.7 Å². The average molecular weight is 394 g/mol. The van der Waals surface area contributed by atoms with Gasteiger partial charge in [-0.15, -0.1) is 0 Å². The molecule has 140 valence electrons. The van der Waals surface area contributed by atoms with E-state index in [1.54, 1.807) is 54.6 Å². The van der Waals surface area contributed by atoms with E-state index in [4.69, 9.17) is 4.42 Å². The van der Waals surface area contributed by atoms with Crippen molar-refractivity contribution in [2.75, 3.05) is 0 Å². The Morgan fingerprint density at radius 2 is 1.46 bits per heavy atom. The van der Waals surface area contributed by atoms with Gasteiger partial charge in [0.1, 0.15) is 11.4 Å². The molecule has 0 amide bonds. The van der Waals surface area contributed by atoms with Gasteiger partial charge in [-0.2, -0.15) is 0 Å². The van der Waals surface area contributed by atoms with Crippen molar-refractivity contribution in [2.24, 2.45) is 0 Å². The number of halogens is 1. The van der Waals surface area contributed by atoms with Gasteiger partial charge in [0.2, 0.25) is 0 Å². The van der Waals surface area contributed by atoms with E-state index in [9.17, 15) is 17.6 Å². The van der Waals surface area contributed by atoms with Crippen LogP contribution in [0.4, 0.5) is 4.39 Å². The van der Waals surface area contributed by atoms with Crippen LogP contribution < -0.4 is 5.63 Å². The van der Waals surface area contributed by atoms with E-state index in [1.165, 1.54) is 24.3 Å². The standard InChI is InChI=1S/C22H15FO4S/c23-17-12-10-16(11-13-17)20-18-8-4-5-9-19(18)27-22(24)21(20)28(25,26)14-15-6-2-1-3-7-15/h1-13H,14H2. The third-order valence-electron chi connectivity index (χ3n) is 4.41. The predicted molar refractivity (Wildman–Crippen MR) is 105 cm³/mol. The zero-order valence-corrected chi connectivity index (χ0v) is 15.4. The van der Waals surface area contributed by atoms with Crippen molar-refractivity contribution in [3.8, 4) is 11.1 Å². The largest absolute Gasteiger partial charge is 0.422 e. The van der Waals surface area contributed by atoms with Gasteiger partial charge in [0.05, 0.1) is 5.75 Å². The molecule has 0 aliphatic carbocycles. The maximum atomic E-state index is 13.4. The van der Waals surface area contributed by atoms with Gasteiger partial charge >= 0.3 is 5.63 Å². The van der Waals surface area contributed by atoms with Gasteiger partial charge in [-0.25, -0.2) is 17.6 Å². The van der Waals surface area contributed by atoms with E-state index >= 15 is 0 Å². The van der Waals surface area contributed by atoms with Crippen LogP contribution in [-0.4, -0.2) is 8.42 Å². The SMILES string of the molecule is O=c1oc2ccccc2c(-c2ccc(F)cc2)c1S(=O)(=O)Cc1ccccc1.